The molecule has 1 saturated heterocycles. The van der Waals surface area contributed by atoms with E-state index in [0.29, 0.717) is 18.4 Å². The molecule has 2 rings (SSSR count). The summed E-state index contributed by atoms with van der Waals surface area (Å²) in [5.74, 6) is 0.792. The Kier molecular flexibility index (Phi) is 2.34. The molecule has 2 N–H and O–H groups in total. The van der Waals surface area contributed by atoms with Gasteiger partial charge in [0.2, 0.25) is 5.91 Å². The topological polar surface area (TPSA) is 41.1 Å². The van der Waals surface area contributed by atoms with E-state index < -0.39 is 0 Å². The van der Waals surface area contributed by atoms with Crippen LogP contribution in [0.4, 0.5) is 0 Å². The molecular weight excluding hydrogens is 188 g/mol. The first-order valence-corrected chi connectivity index (χ1v) is 5.86. The number of carbonyl (C=O) groups excluding carboxylic acids is 1. The summed E-state index contributed by atoms with van der Waals surface area (Å²) in [6, 6.07) is 0.352. The smallest absolute Gasteiger partial charge is 0.220 e. The molecule has 1 amide bonds. The van der Waals surface area contributed by atoms with Crippen molar-refractivity contribution in [3.05, 3.63) is 0 Å². The van der Waals surface area contributed by atoms with Crippen molar-refractivity contribution in [2.45, 2.75) is 40.2 Å². The van der Waals surface area contributed by atoms with Gasteiger partial charge in [-0.15, -0.1) is 0 Å². The highest BCUT2D eigenvalue weighted by Gasteiger charge is 2.65. The maximum Gasteiger partial charge on any atom is 0.220 e. The van der Waals surface area contributed by atoms with E-state index in [-0.39, 0.29) is 16.7 Å². The van der Waals surface area contributed by atoms with Gasteiger partial charge >= 0.3 is 0 Å². The maximum absolute atomic E-state index is 11.7. The number of hydrogen-bond donors (Lipinski definition) is 2. The van der Waals surface area contributed by atoms with E-state index in [1.54, 1.807) is 0 Å². The van der Waals surface area contributed by atoms with E-state index in [1.165, 1.54) is 0 Å². The van der Waals surface area contributed by atoms with Gasteiger partial charge in [-0.1, -0.05) is 27.7 Å². The van der Waals surface area contributed by atoms with Gasteiger partial charge in [0.05, 0.1) is 0 Å². The number of amides is 1. The van der Waals surface area contributed by atoms with Crippen LogP contribution in [0.5, 0.6) is 0 Å². The third-order valence-electron chi connectivity index (χ3n) is 4.67. The van der Waals surface area contributed by atoms with Gasteiger partial charge in [-0.25, -0.2) is 0 Å². The number of rotatable bonds is 3. The van der Waals surface area contributed by atoms with Gasteiger partial charge in [-0.3, -0.25) is 4.79 Å². The van der Waals surface area contributed by atoms with Crippen LogP contribution in [0.15, 0.2) is 0 Å². The van der Waals surface area contributed by atoms with Crippen LogP contribution in [-0.4, -0.2) is 25.0 Å². The zero-order valence-electron chi connectivity index (χ0n) is 10.2. The van der Waals surface area contributed by atoms with E-state index in [2.05, 4.69) is 38.3 Å². The average Bonchev–Trinajstić information content (AvgIpc) is 2.41. The number of nitrogens with one attached hydrogen (secondary N) is 2. The Hall–Kier alpha value is -0.570. The molecule has 2 aliphatic rings. The van der Waals surface area contributed by atoms with E-state index >= 15 is 0 Å². The third-order valence-corrected chi connectivity index (χ3v) is 4.67. The first-order valence-electron chi connectivity index (χ1n) is 5.86. The van der Waals surface area contributed by atoms with Gasteiger partial charge in [-0.2, -0.15) is 0 Å². The molecule has 1 aliphatic heterocycles. The number of hydrogen-bond acceptors (Lipinski definition) is 2. The van der Waals surface area contributed by atoms with Crippen molar-refractivity contribution in [3.8, 4) is 0 Å². The van der Waals surface area contributed by atoms with Gasteiger partial charge in [0.25, 0.3) is 0 Å². The summed E-state index contributed by atoms with van der Waals surface area (Å²) in [4.78, 5) is 11.7. The monoisotopic (exact) mass is 210 g/mol. The summed E-state index contributed by atoms with van der Waals surface area (Å²) < 4.78 is 0. The molecule has 0 radical (unpaired) electrons. The normalized spacial score (nSPS) is 28.3. The van der Waals surface area contributed by atoms with Crippen molar-refractivity contribution < 1.29 is 4.79 Å². The highest BCUT2D eigenvalue weighted by Crippen LogP contribution is 2.62. The third kappa shape index (κ3) is 1.67. The highest BCUT2D eigenvalue weighted by molar-refractivity contribution is 5.77. The van der Waals surface area contributed by atoms with Gasteiger partial charge in [0.1, 0.15) is 0 Å². The predicted octanol–water partition coefficient (Wildman–Crippen LogP) is 1.15. The summed E-state index contributed by atoms with van der Waals surface area (Å²) in [6.45, 7) is 10.9. The van der Waals surface area contributed by atoms with Crippen molar-refractivity contribution in [1.29, 1.82) is 0 Å². The van der Waals surface area contributed by atoms with Crippen LogP contribution < -0.4 is 10.6 Å². The minimum absolute atomic E-state index is 0.227. The van der Waals surface area contributed by atoms with Gasteiger partial charge in [0.15, 0.2) is 0 Å². The first kappa shape index (κ1) is 10.9. The summed E-state index contributed by atoms with van der Waals surface area (Å²) in [5, 5.41) is 6.35. The molecule has 0 aromatic carbocycles. The summed E-state index contributed by atoms with van der Waals surface area (Å²) >= 11 is 0. The lowest BCUT2D eigenvalue weighted by Crippen LogP contribution is -2.45. The molecule has 0 bridgehead atoms. The molecule has 1 aliphatic carbocycles. The molecule has 0 aromatic rings. The van der Waals surface area contributed by atoms with Crippen molar-refractivity contribution in [2.24, 2.45) is 16.7 Å². The standard InChI is InChI=1S/C12H22N2O/c1-11(2)10(12(11,3)4)14-9(15)5-8-6-13-7-8/h8,10,13H,5-7H2,1-4H3,(H,14,15). The van der Waals surface area contributed by atoms with E-state index in [4.69, 9.17) is 0 Å². The summed E-state index contributed by atoms with van der Waals surface area (Å²) in [5.41, 5.74) is 0.501. The average molecular weight is 210 g/mol. The second-order valence-corrected chi connectivity index (χ2v) is 6.17. The Labute approximate surface area is 92.0 Å². The molecule has 15 heavy (non-hydrogen) atoms. The van der Waals surface area contributed by atoms with Crippen LogP contribution >= 0.6 is 0 Å². The lowest BCUT2D eigenvalue weighted by molar-refractivity contribution is -0.122. The Morgan fingerprint density at radius 2 is 1.80 bits per heavy atom. The predicted molar refractivity (Wildman–Crippen MR) is 60.5 cm³/mol. The van der Waals surface area contributed by atoms with Crippen LogP contribution in [0.25, 0.3) is 0 Å². The lowest BCUT2D eigenvalue weighted by Gasteiger charge is -2.26. The molecule has 0 unspecified atom stereocenters. The second-order valence-electron chi connectivity index (χ2n) is 6.17. The molecule has 2 fully saturated rings. The lowest BCUT2D eigenvalue weighted by atomic mass is 9.99. The zero-order chi connectivity index (χ0) is 11.3. The molecule has 1 saturated carbocycles. The van der Waals surface area contributed by atoms with E-state index in [9.17, 15) is 4.79 Å². The molecule has 0 atom stereocenters. The Bertz CT molecular complexity index is 265. The Morgan fingerprint density at radius 1 is 1.27 bits per heavy atom. The minimum Gasteiger partial charge on any atom is -0.352 e. The van der Waals surface area contributed by atoms with Gasteiger partial charge in [-0.05, 0) is 29.8 Å². The largest absolute Gasteiger partial charge is 0.352 e. The maximum atomic E-state index is 11.7. The summed E-state index contributed by atoms with van der Waals surface area (Å²) in [6.07, 6.45) is 0.690. The Balaban J connectivity index is 1.80. The van der Waals surface area contributed by atoms with Crippen molar-refractivity contribution in [3.63, 3.8) is 0 Å². The van der Waals surface area contributed by atoms with Crippen LogP contribution in [0.1, 0.15) is 34.1 Å². The fourth-order valence-corrected chi connectivity index (χ4v) is 2.53. The summed E-state index contributed by atoms with van der Waals surface area (Å²) in [7, 11) is 0. The van der Waals surface area contributed by atoms with E-state index in [1.807, 2.05) is 0 Å². The van der Waals surface area contributed by atoms with Crippen molar-refractivity contribution >= 4 is 5.91 Å². The molecule has 0 aromatic heterocycles. The van der Waals surface area contributed by atoms with E-state index in [0.717, 1.165) is 13.1 Å². The van der Waals surface area contributed by atoms with Gasteiger partial charge < -0.3 is 10.6 Å². The Morgan fingerprint density at radius 3 is 2.13 bits per heavy atom. The minimum atomic E-state index is 0.227. The van der Waals surface area contributed by atoms with Crippen molar-refractivity contribution in [1.82, 2.24) is 10.6 Å². The quantitative estimate of drug-likeness (QED) is 0.733. The van der Waals surface area contributed by atoms with Crippen LogP contribution in [0.2, 0.25) is 0 Å². The first-order chi connectivity index (χ1) is 6.85. The van der Waals surface area contributed by atoms with Crippen molar-refractivity contribution in [2.75, 3.05) is 13.1 Å². The fraction of sp³-hybridized carbons (Fsp3) is 0.917. The molecule has 86 valence electrons. The molecule has 3 nitrogen and oxygen atoms in total. The number of carbonyl (C=O) groups is 1. The molecular formula is C12H22N2O. The highest BCUT2D eigenvalue weighted by atomic mass is 16.1. The zero-order valence-corrected chi connectivity index (χ0v) is 10.2. The molecule has 1 heterocycles. The second kappa shape index (κ2) is 3.21. The SMILES string of the molecule is CC1(C)C(NC(=O)CC2CNC2)C1(C)C. The van der Waals surface area contributed by atoms with Crippen LogP contribution in [0.3, 0.4) is 0 Å². The van der Waals surface area contributed by atoms with Crippen LogP contribution in [-0.2, 0) is 4.79 Å². The van der Waals surface area contributed by atoms with Crippen LogP contribution in [0, 0.1) is 16.7 Å². The fourth-order valence-electron chi connectivity index (χ4n) is 2.53. The molecule has 3 heteroatoms. The van der Waals surface area contributed by atoms with Gasteiger partial charge in [0, 0.05) is 12.5 Å². The molecule has 0 spiro atoms.